The maximum atomic E-state index is 9.09. The fourth-order valence-electron chi connectivity index (χ4n) is 1.58. The van der Waals surface area contributed by atoms with E-state index >= 15 is 0 Å². The molecule has 1 N–H and O–H groups in total. The average molecular weight is 293 g/mol. The molecule has 2 nitrogen and oxygen atoms in total. The van der Waals surface area contributed by atoms with Crippen LogP contribution in [0.3, 0.4) is 0 Å². The fraction of sp³-hybridized carbons (Fsp3) is 0.143. The van der Waals surface area contributed by atoms with Crippen LogP contribution >= 0.6 is 15.9 Å². The number of aryl methyl sites for hydroxylation is 1. The van der Waals surface area contributed by atoms with Gasteiger partial charge in [0.1, 0.15) is 11.5 Å². The third-order valence-corrected chi connectivity index (χ3v) is 3.01. The fourth-order valence-corrected chi connectivity index (χ4v) is 1.95. The van der Waals surface area contributed by atoms with Gasteiger partial charge in [0.2, 0.25) is 0 Å². The highest BCUT2D eigenvalue weighted by Crippen LogP contribution is 2.25. The topological polar surface area (TPSA) is 29.5 Å². The Morgan fingerprint density at radius 3 is 2.53 bits per heavy atom. The summed E-state index contributed by atoms with van der Waals surface area (Å²) in [5, 5.41) is 9.09. The Bertz CT molecular complexity index is 523. The van der Waals surface area contributed by atoms with E-state index in [4.69, 9.17) is 9.84 Å². The van der Waals surface area contributed by atoms with Gasteiger partial charge in [0.05, 0.1) is 6.61 Å². The van der Waals surface area contributed by atoms with Crippen molar-refractivity contribution < 1.29 is 9.84 Å². The van der Waals surface area contributed by atoms with Crippen LogP contribution in [0, 0.1) is 6.92 Å². The molecule has 3 heteroatoms. The van der Waals surface area contributed by atoms with Gasteiger partial charge >= 0.3 is 0 Å². The molecule has 0 aliphatic rings. The Labute approximate surface area is 109 Å². The number of halogens is 1. The van der Waals surface area contributed by atoms with E-state index < -0.39 is 0 Å². The molecule has 0 heterocycles. The van der Waals surface area contributed by atoms with Crippen LogP contribution in [0.4, 0.5) is 0 Å². The van der Waals surface area contributed by atoms with E-state index in [9.17, 15) is 0 Å². The molecule has 0 amide bonds. The maximum Gasteiger partial charge on any atom is 0.128 e. The molecule has 0 aliphatic heterocycles. The molecule has 0 aromatic heterocycles. The minimum atomic E-state index is 0.0585. The molecular weight excluding hydrogens is 280 g/mol. The summed E-state index contributed by atoms with van der Waals surface area (Å²) < 4.78 is 6.71. The zero-order chi connectivity index (χ0) is 12.3. The molecule has 0 fully saturated rings. The first-order valence-corrected chi connectivity index (χ1v) is 6.12. The molecular formula is C14H13BrO2. The number of rotatable bonds is 3. The van der Waals surface area contributed by atoms with E-state index in [1.807, 2.05) is 49.4 Å². The quantitative estimate of drug-likeness (QED) is 0.925. The first-order chi connectivity index (χ1) is 8.19. The molecule has 0 aliphatic carbocycles. The molecule has 0 bridgehead atoms. The Kier molecular flexibility index (Phi) is 3.82. The van der Waals surface area contributed by atoms with Gasteiger partial charge in [-0.2, -0.15) is 0 Å². The van der Waals surface area contributed by atoms with Crippen LogP contribution in [0.25, 0.3) is 0 Å². The van der Waals surface area contributed by atoms with Crippen molar-refractivity contribution in [2.75, 3.05) is 0 Å². The smallest absolute Gasteiger partial charge is 0.128 e. The minimum Gasteiger partial charge on any atom is -0.457 e. The predicted octanol–water partition coefficient (Wildman–Crippen LogP) is 4.04. The first-order valence-electron chi connectivity index (χ1n) is 5.33. The molecule has 0 unspecified atom stereocenters. The van der Waals surface area contributed by atoms with Gasteiger partial charge in [-0.1, -0.05) is 28.1 Å². The zero-order valence-corrected chi connectivity index (χ0v) is 11.1. The summed E-state index contributed by atoms with van der Waals surface area (Å²) in [4.78, 5) is 0. The molecule has 2 aromatic rings. The maximum absolute atomic E-state index is 9.09. The van der Waals surface area contributed by atoms with Crippen molar-refractivity contribution in [1.82, 2.24) is 0 Å². The van der Waals surface area contributed by atoms with Crippen LogP contribution in [0.1, 0.15) is 11.1 Å². The molecule has 0 saturated heterocycles. The molecule has 0 radical (unpaired) electrons. The second kappa shape index (κ2) is 5.34. The molecule has 2 rings (SSSR count). The Morgan fingerprint density at radius 2 is 1.88 bits per heavy atom. The van der Waals surface area contributed by atoms with Gasteiger partial charge in [0, 0.05) is 4.47 Å². The molecule has 0 saturated carbocycles. The van der Waals surface area contributed by atoms with E-state index in [1.54, 1.807) is 0 Å². The van der Waals surface area contributed by atoms with Crippen molar-refractivity contribution in [2.45, 2.75) is 13.5 Å². The van der Waals surface area contributed by atoms with E-state index in [1.165, 1.54) is 0 Å². The van der Waals surface area contributed by atoms with E-state index in [0.29, 0.717) is 0 Å². The Morgan fingerprint density at radius 1 is 1.12 bits per heavy atom. The summed E-state index contributed by atoms with van der Waals surface area (Å²) in [5.74, 6) is 1.56. The van der Waals surface area contributed by atoms with Crippen LogP contribution in [0.5, 0.6) is 11.5 Å². The lowest BCUT2D eigenvalue weighted by atomic mass is 10.1. The SMILES string of the molecule is Cc1cc(Oc2cccc(Br)c2)ccc1CO. The normalized spacial score (nSPS) is 10.3. The van der Waals surface area contributed by atoms with Crippen LogP contribution in [0.2, 0.25) is 0 Å². The highest BCUT2D eigenvalue weighted by atomic mass is 79.9. The summed E-state index contributed by atoms with van der Waals surface area (Å²) >= 11 is 3.40. The largest absolute Gasteiger partial charge is 0.457 e. The number of aliphatic hydroxyl groups excluding tert-OH is 1. The standard InChI is InChI=1S/C14H13BrO2/c1-10-7-14(6-5-11(10)9-16)17-13-4-2-3-12(15)8-13/h2-8,16H,9H2,1H3. The van der Waals surface area contributed by atoms with Crippen molar-refractivity contribution in [2.24, 2.45) is 0 Å². The summed E-state index contributed by atoms with van der Waals surface area (Å²) in [6.45, 7) is 2.02. The molecule has 17 heavy (non-hydrogen) atoms. The van der Waals surface area contributed by atoms with Crippen molar-refractivity contribution in [3.8, 4) is 11.5 Å². The van der Waals surface area contributed by atoms with Gasteiger partial charge in [-0.15, -0.1) is 0 Å². The molecule has 0 atom stereocenters. The minimum absolute atomic E-state index is 0.0585. The van der Waals surface area contributed by atoms with Crippen LogP contribution in [0.15, 0.2) is 46.9 Å². The number of benzene rings is 2. The Hall–Kier alpha value is -1.32. The van der Waals surface area contributed by atoms with E-state index in [2.05, 4.69) is 15.9 Å². The number of ether oxygens (including phenoxy) is 1. The summed E-state index contributed by atoms with van der Waals surface area (Å²) in [7, 11) is 0. The lowest BCUT2D eigenvalue weighted by Crippen LogP contribution is -1.90. The summed E-state index contributed by atoms with van der Waals surface area (Å²) in [6.07, 6.45) is 0. The van der Waals surface area contributed by atoms with Crippen molar-refractivity contribution in [3.63, 3.8) is 0 Å². The Balaban J connectivity index is 2.22. The number of hydrogen-bond donors (Lipinski definition) is 1. The van der Waals surface area contributed by atoms with E-state index in [-0.39, 0.29) is 6.61 Å². The monoisotopic (exact) mass is 292 g/mol. The molecule has 0 spiro atoms. The third kappa shape index (κ3) is 3.08. The predicted molar refractivity (Wildman–Crippen MR) is 71.3 cm³/mol. The second-order valence-corrected chi connectivity index (χ2v) is 4.72. The van der Waals surface area contributed by atoms with Crippen molar-refractivity contribution in [1.29, 1.82) is 0 Å². The second-order valence-electron chi connectivity index (χ2n) is 3.81. The summed E-state index contributed by atoms with van der Waals surface area (Å²) in [6, 6.07) is 13.4. The van der Waals surface area contributed by atoms with Gasteiger partial charge in [-0.05, 0) is 48.4 Å². The lowest BCUT2D eigenvalue weighted by molar-refractivity contribution is 0.281. The lowest BCUT2D eigenvalue weighted by Gasteiger charge is -2.08. The molecule has 2 aromatic carbocycles. The van der Waals surface area contributed by atoms with Gasteiger partial charge in [-0.3, -0.25) is 0 Å². The van der Waals surface area contributed by atoms with Gasteiger partial charge in [-0.25, -0.2) is 0 Å². The van der Waals surface area contributed by atoms with Crippen molar-refractivity contribution in [3.05, 3.63) is 58.1 Å². The van der Waals surface area contributed by atoms with Crippen LogP contribution < -0.4 is 4.74 Å². The van der Waals surface area contributed by atoms with Crippen LogP contribution in [-0.4, -0.2) is 5.11 Å². The average Bonchev–Trinajstić information content (AvgIpc) is 2.29. The zero-order valence-electron chi connectivity index (χ0n) is 9.48. The summed E-state index contributed by atoms with van der Waals surface area (Å²) in [5.41, 5.74) is 1.95. The number of hydrogen-bond acceptors (Lipinski definition) is 2. The van der Waals surface area contributed by atoms with Gasteiger partial charge < -0.3 is 9.84 Å². The van der Waals surface area contributed by atoms with Crippen molar-refractivity contribution >= 4 is 15.9 Å². The highest BCUT2D eigenvalue weighted by molar-refractivity contribution is 9.10. The van der Waals surface area contributed by atoms with Crippen LogP contribution in [-0.2, 0) is 6.61 Å². The van der Waals surface area contributed by atoms with Gasteiger partial charge in [0.15, 0.2) is 0 Å². The molecule has 88 valence electrons. The van der Waals surface area contributed by atoms with E-state index in [0.717, 1.165) is 27.1 Å². The highest BCUT2D eigenvalue weighted by Gasteiger charge is 2.01. The third-order valence-electron chi connectivity index (χ3n) is 2.52. The van der Waals surface area contributed by atoms with Gasteiger partial charge in [0.25, 0.3) is 0 Å². The number of aliphatic hydroxyl groups is 1. The first kappa shape index (κ1) is 12.1.